The molecular formula is C7H18N4O. The number of hydrazine groups is 1. The minimum Gasteiger partial charge on any atom is -0.385 e. The van der Waals surface area contributed by atoms with Crippen LogP contribution in [-0.4, -0.2) is 45.2 Å². The first-order valence-electron chi connectivity index (χ1n) is 3.89. The second-order valence-electron chi connectivity index (χ2n) is 2.46. The fraction of sp³-hybridized carbons (Fsp3) is 0.857. The highest BCUT2D eigenvalue weighted by molar-refractivity contribution is 5.78. The molecule has 0 aromatic carbocycles. The van der Waals surface area contributed by atoms with Crippen LogP contribution in [-0.2, 0) is 4.74 Å². The second kappa shape index (κ2) is 6.87. The van der Waals surface area contributed by atoms with Crippen LogP contribution in [0, 0.1) is 0 Å². The van der Waals surface area contributed by atoms with Crippen molar-refractivity contribution in [2.45, 2.75) is 6.42 Å². The number of hydrogen-bond acceptors (Lipinski definition) is 3. The summed E-state index contributed by atoms with van der Waals surface area (Å²) in [5, 5.41) is 0. The Morgan fingerprint density at radius 1 is 1.67 bits per heavy atom. The number of aliphatic imine (C=N–C) groups is 1. The molecule has 0 heterocycles. The molecule has 0 spiro atoms. The second-order valence-corrected chi connectivity index (χ2v) is 2.46. The number of hydrogen-bond donors (Lipinski definition) is 2. The van der Waals surface area contributed by atoms with Gasteiger partial charge < -0.3 is 9.64 Å². The van der Waals surface area contributed by atoms with Gasteiger partial charge in [0.1, 0.15) is 0 Å². The molecule has 0 saturated carbocycles. The Balaban J connectivity index is 3.62. The van der Waals surface area contributed by atoms with Gasteiger partial charge in [-0.25, -0.2) is 5.84 Å². The van der Waals surface area contributed by atoms with E-state index in [2.05, 4.69) is 10.4 Å². The van der Waals surface area contributed by atoms with Gasteiger partial charge in [0.2, 0.25) is 5.96 Å². The molecule has 72 valence electrons. The third kappa shape index (κ3) is 4.15. The summed E-state index contributed by atoms with van der Waals surface area (Å²) in [6.45, 7) is 1.64. The lowest BCUT2D eigenvalue weighted by atomic mass is 10.4. The van der Waals surface area contributed by atoms with E-state index in [-0.39, 0.29) is 0 Å². The summed E-state index contributed by atoms with van der Waals surface area (Å²) in [6.07, 6.45) is 0.966. The molecule has 5 nitrogen and oxygen atoms in total. The highest BCUT2D eigenvalue weighted by Crippen LogP contribution is 1.88. The minimum absolute atomic E-state index is 0.686. The maximum absolute atomic E-state index is 5.23. The van der Waals surface area contributed by atoms with E-state index in [1.54, 1.807) is 14.2 Å². The molecule has 0 radical (unpaired) electrons. The summed E-state index contributed by atoms with van der Waals surface area (Å²) in [5.41, 5.74) is 2.51. The maximum atomic E-state index is 5.23. The predicted octanol–water partition coefficient (Wildman–Crippen LogP) is -0.596. The Labute approximate surface area is 73.6 Å². The van der Waals surface area contributed by atoms with Crippen LogP contribution in [0.2, 0.25) is 0 Å². The smallest absolute Gasteiger partial charge is 0.207 e. The van der Waals surface area contributed by atoms with Gasteiger partial charge in [-0.1, -0.05) is 0 Å². The van der Waals surface area contributed by atoms with E-state index >= 15 is 0 Å². The molecule has 0 rings (SSSR count). The van der Waals surface area contributed by atoms with Gasteiger partial charge >= 0.3 is 0 Å². The average molecular weight is 174 g/mol. The van der Waals surface area contributed by atoms with Crippen molar-refractivity contribution in [3.63, 3.8) is 0 Å². The lowest BCUT2D eigenvalue weighted by molar-refractivity contribution is 0.188. The van der Waals surface area contributed by atoms with Gasteiger partial charge in [0.15, 0.2) is 0 Å². The molecule has 0 aliphatic rings. The lowest BCUT2D eigenvalue weighted by Crippen LogP contribution is -2.43. The number of rotatable bonds is 4. The summed E-state index contributed by atoms with van der Waals surface area (Å²) in [5.74, 6) is 5.92. The Bertz CT molecular complexity index is 137. The number of methoxy groups -OCH3 is 1. The van der Waals surface area contributed by atoms with E-state index in [9.17, 15) is 0 Å². The lowest BCUT2D eigenvalue weighted by Gasteiger charge is -2.19. The number of nitrogens with two attached hydrogens (primary N) is 1. The Morgan fingerprint density at radius 3 is 2.75 bits per heavy atom. The van der Waals surface area contributed by atoms with Crippen molar-refractivity contribution < 1.29 is 4.74 Å². The molecule has 0 amide bonds. The first-order valence-corrected chi connectivity index (χ1v) is 3.89. The standard InChI is InChI=1S/C7H18N4O/c1-9-7(10-8)11(2)5-4-6-12-3/h4-6,8H2,1-3H3,(H,9,10). The van der Waals surface area contributed by atoms with Crippen LogP contribution in [0.3, 0.4) is 0 Å². The normalized spacial score (nSPS) is 11.5. The molecule has 0 fully saturated rings. The van der Waals surface area contributed by atoms with Crippen molar-refractivity contribution in [1.29, 1.82) is 0 Å². The molecule has 0 aromatic heterocycles. The quantitative estimate of drug-likeness (QED) is 0.196. The van der Waals surface area contributed by atoms with Crippen LogP contribution in [0.4, 0.5) is 0 Å². The van der Waals surface area contributed by atoms with Crippen LogP contribution in [0.15, 0.2) is 4.99 Å². The largest absolute Gasteiger partial charge is 0.385 e. The fourth-order valence-corrected chi connectivity index (χ4v) is 0.897. The van der Waals surface area contributed by atoms with Gasteiger partial charge in [0, 0.05) is 34.4 Å². The average Bonchev–Trinajstić information content (AvgIpc) is 2.07. The van der Waals surface area contributed by atoms with Gasteiger partial charge in [0.05, 0.1) is 0 Å². The van der Waals surface area contributed by atoms with Crippen molar-refractivity contribution in [2.24, 2.45) is 10.8 Å². The van der Waals surface area contributed by atoms with Gasteiger partial charge in [-0.2, -0.15) is 0 Å². The SMILES string of the molecule is CN=C(NN)N(C)CCCOC. The first kappa shape index (κ1) is 11.2. The fourth-order valence-electron chi connectivity index (χ4n) is 0.897. The van der Waals surface area contributed by atoms with Gasteiger partial charge in [-0.3, -0.25) is 10.4 Å². The van der Waals surface area contributed by atoms with Crippen molar-refractivity contribution in [3.8, 4) is 0 Å². The molecule has 3 N–H and O–H groups in total. The van der Waals surface area contributed by atoms with E-state index in [1.165, 1.54) is 0 Å². The molecule has 0 aliphatic heterocycles. The number of guanidine groups is 1. The minimum atomic E-state index is 0.686. The van der Waals surface area contributed by atoms with Crippen LogP contribution in [0.1, 0.15) is 6.42 Å². The van der Waals surface area contributed by atoms with Crippen molar-refractivity contribution >= 4 is 5.96 Å². The molecule has 12 heavy (non-hydrogen) atoms. The summed E-state index contributed by atoms with van der Waals surface area (Å²) >= 11 is 0. The first-order chi connectivity index (χ1) is 5.76. The Hall–Kier alpha value is -0.810. The van der Waals surface area contributed by atoms with E-state index in [0.29, 0.717) is 5.96 Å². The van der Waals surface area contributed by atoms with E-state index in [4.69, 9.17) is 10.6 Å². The van der Waals surface area contributed by atoms with Crippen molar-refractivity contribution in [2.75, 3.05) is 34.4 Å². The van der Waals surface area contributed by atoms with Crippen LogP contribution in [0.5, 0.6) is 0 Å². The van der Waals surface area contributed by atoms with Crippen LogP contribution < -0.4 is 11.3 Å². The molecule has 0 aliphatic carbocycles. The van der Waals surface area contributed by atoms with Crippen molar-refractivity contribution in [1.82, 2.24) is 10.3 Å². The topological polar surface area (TPSA) is 62.9 Å². The zero-order valence-corrected chi connectivity index (χ0v) is 8.00. The third-order valence-electron chi connectivity index (χ3n) is 1.54. The summed E-state index contributed by atoms with van der Waals surface area (Å²) in [6, 6.07) is 0. The zero-order valence-electron chi connectivity index (χ0n) is 8.00. The van der Waals surface area contributed by atoms with Crippen molar-refractivity contribution in [3.05, 3.63) is 0 Å². The number of ether oxygens (including phenoxy) is 1. The van der Waals surface area contributed by atoms with Gasteiger partial charge in [0.25, 0.3) is 0 Å². The van der Waals surface area contributed by atoms with Crippen LogP contribution >= 0.6 is 0 Å². The Morgan fingerprint density at radius 2 is 2.33 bits per heavy atom. The molecule has 0 saturated heterocycles. The van der Waals surface area contributed by atoms with Gasteiger partial charge in [-0.15, -0.1) is 0 Å². The molecular weight excluding hydrogens is 156 g/mol. The monoisotopic (exact) mass is 174 g/mol. The molecule has 5 heteroatoms. The number of nitrogens with one attached hydrogen (secondary N) is 1. The predicted molar refractivity (Wildman–Crippen MR) is 49.8 cm³/mol. The van der Waals surface area contributed by atoms with Crippen LogP contribution in [0.25, 0.3) is 0 Å². The maximum Gasteiger partial charge on any atom is 0.207 e. The molecule has 0 atom stereocenters. The highest BCUT2D eigenvalue weighted by atomic mass is 16.5. The zero-order chi connectivity index (χ0) is 9.40. The summed E-state index contributed by atoms with van der Waals surface area (Å²) < 4.78 is 4.92. The third-order valence-corrected chi connectivity index (χ3v) is 1.54. The van der Waals surface area contributed by atoms with E-state index in [0.717, 1.165) is 19.6 Å². The molecule has 0 bridgehead atoms. The molecule has 0 unspecified atom stereocenters. The molecule has 0 aromatic rings. The summed E-state index contributed by atoms with van der Waals surface area (Å²) in [4.78, 5) is 5.89. The Kier molecular flexibility index (Phi) is 6.41. The van der Waals surface area contributed by atoms with E-state index in [1.807, 2.05) is 11.9 Å². The van der Waals surface area contributed by atoms with E-state index < -0.39 is 0 Å². The number of nitrogens with zero attached hydrogens (tertiary/aromatic N) is 2. The van der Waals surface area contributed by atoms with Gasteiger partial charge in [-0.05, 0) is 6.42 Å². The highest BCUT2D eigenvalue weighted by Gasteiger charge is 2.01. The summed E-state index contributed by atoms with van der Waals surface area (Å²) in [7, 11) is 5.32.